The highest BCUT2D eigenvalue weighted by molar-refractivity contribution is 5.91. The standard InChI is InChI=1S/C16H23N3O4/c1-3-11(2)13-10-22-16(21)19(13)12-5-8-18(9-6-12)15(20)14-4-7-17-23-14/h4,7,11-13H,3,5-6,8-10H2,1-2H3/t11-,13-/m0/s1. The highest BCUT2D eigenvalue weighted by atomic mass is 16.6. The van der Waals surface area contributed by atoms with E-state index in [9.17, 15) is 9.59 Å². The van der Waals surface area contributed by atoms with Crippen molar-refractivity contribution in [2.75, 3.05) is 19.7 Å². The molecular formula is C16H23N3O4. The van der Waals surface area contributed by atoms with Gasteiger partial charge in [0.15, 0.2) is 0 Å². The number of amides is 2. The summed E-state index contributed by atoms with van der Waals surface area (Å²) in [6.07, 6.45) is 3.80. The third-order valence-corrected chi connectivity index (χ3v) is 5.04. The average Bonchev–Trinajstić information content (AvgIpc) is 3.23. The van der Waals surface area contributed by atoms with Gasteiger partial charge in [-0.2, -0.15) is 0 Å². The van der Waals surface area contributed by atoms with Crippen molar-refractivity contribution in [3.05, 3.63) is 18.0 Å². The lowest BCUT2D eigenvalue weighted by molar-refractivity contribution is 0.0578. The smallest absolute Gasteiger partial charge is 0.410 e. The largest absolute Gasteiger partial charge is 0.447 e. The Morgan fingerprint density at radius 1 is 1.43 bits per heavy atom. The monoisotopic (exact) mass is 321 g/mol. The second-order valence-corrected chi connectivity index (χ2v) is 6.34. The van der Waals surface area contributed by atoms with Crippen LogP contribution in [0.4, 0.5) is 4.79 Å². The average molecular weight is 321 g/mol. The predicted molar refractivity (Wildman–Crippen MR) is 81.9 cm³/mol. The molecule has 2 fully saturated rings. The van der Waals surface area contributed by atoms with Crippen molar-refractivity contribution >= 4 is 12.0 Å². The van der Waals surface area contributed by atoms with E-state index in [1.807, 2.05) is 4.90 Å². The molecule has 126 valence electrons. The van der Waals surface area contributed by atoms with Crippen LogP contribution < -0.4 is 0 Å². The van der Waals surface area contributed by atoms with Gasteiger partial charge in [-0.1, -0.05) is 25.4 Å². The molecule has 2 aliphatic heterocycles. The molecule has 2 saturated heterocycles. The minimum atomic E-state index is -0.213. The second kappa shape index (κ2) is 6.60. The van der Waals surface area contributed by atoms with Crippen LogP contribution in [0.2, 0.25) is 0 Å². The Balaban J connectivity index is 1.62. The van der Waals surface area contributed by atoms with E-state index < -0.39 is 0 Å². The Labute approximate surface area is 135 Å². The summed E-state index contributed by atoms with van der Waals surface area (Å²) in [6, 6.07) is 1.86. The van der Waals surface area contributed by atoms with Crippen molar-refractivity contribution in [1.29, 1.82) is 0 Å². The third kappa shape index (κ3) is 3.04. The molecular weight excluding hydrogens is 298 g/mol. The van der Waals surface area contributed by atoms with Gasteiger partial charge in [-0.15, -0.1) is 0 Å². The van der Waals surface area contributed by atoms with Crippen molar-refractivity contribution in [2.45, 2.75) is 45.2 Å². The number of aromatic nitrogens is 1. The maximum atomic E-state index is 12.3. The minimum absolute atomic E-state index is 0.136. The van der Waals surface area contributed by atoms with E-state index in [0.717, 1.165) is 19.3 Å². The quantitative estimate of drug-likeness (QED) is 0.849. The fourth-order valence-electron chi connectivity index (χ4n) is 3.41. The van der Waals surface area contributed by atoms with Crippen LogP contribution in [0.15, 0.2) is 16.8 Å². The lowest BCUT2D eigenvalue weighted by atomic mass is 9.95. The maximum absolute atomic E-state index is 12.3. The van der Waals surface area contributed by atoms with Crippen LogP contribution in [0.5, 0.6) is 0 Å². The van der Waals surface area contributed by atoms with E-state index in [4.69, 9.17) is 9.26 Å². The SMILES string of the molecule is CC[C@H](C)[C@@H]1COC(=O)N1C1CCN(C(=O)c2ccno2)CC1. The van der Waals surface area contributed by atoms with E-state index in [2.05, 4.69) is 19.0 Å². The van der Waals surface area contributed by atoms with Crippen LogP contribution in [0, 0.1) is 5.92 Å². The van der Waals surface area contributed by atoms with E-state index in [0.29, 0.717) is 25.6 Å². The highest BCUT2D eigenvalue weighted by Crippen LogP contribution is 2.29. The molecule has 0 aliphatic carbocycles. The lowest BCUT2D eigenvalue weighted by Gasteiger charge is -2.38. The van der Waals surface area contributed by atoms with E-state index in [1.54, 1.807) is 11.0 Å². The number of carbonyl (C=O) groups excluding carboxylic acids is 2. The van der Waals surface area contributed by atoms with Crippen LogP contribution in [0.25, 0.3) is 0 Å². The molecule has 0 radical (unpaired) electrons. The van der Waals surface area contributed by atoms with Crippen LogP contribution in [0.3, 0.4) is 0 Å². The van der Waals surface area contributed by atoms with Gasteiger partial charge < -0.3 is 14.2 Å². The van der Waals surface area contributed by atoms with Gasteiger partial charge in [0.05, 0.1) is 12.2 Å². The number of piperidine rings is 1. The van der Waals surface area contributed by atoms with Crippen LogP contribution >= 0.6 is 0 Å². The number of likely N-dealkylation sites (tertiary alicyclic amines) is 1. The van der Waals surface area contributed by atoms with E-state index >= 15 is 0 Å². The summed E-state index contributed by atoms with van der Waals surface area (Å²) < 4.78 is 10.2. The molecule has 0 bridgehead atoms. The number of hydrogen-bond acceptors (Lipinski definition) is 5. The molecule has 2 aliphatic rings. The summed E-state index contributed by atoms with van der Waals surface area (Å²) in [7, 11) is 0. The zero-order valence-electron chi connectivity index (χ0n) is 13.6. The first kappa shape index (κ1) is 15.8. The number of carbonyl (C=O) groups is 2. The Kier molecular flexibility index (Phi) is 4.54. The summed E-state index contributed by atoms with van der Waals surface area (Å²) in [4.78, 5) is 28.0. The third-order valence-electron chi connectivity index (χ3n) is 5.04. The number of ether oxygens (including phenoxy) is 1. The van der Waals surface area contributed by atoms with Gasteiger partial charge in [-0.05, 0) is 18.8 Å². The second-order valence-electron chi connectivity index (χ2n) is 6.34. The van der Waals surface area contributed by atoms with Crippen molar-refractivity contribution in [3.63, 3.8) is 0 Å². The molecule has 0 N–H and O–H groups in total. The molecule has 7 nitrogen and oxygen atoms in total. The topological polar surface area (TPSA) is 75.9 Å². The van der Waals surface area contributed by atoms with Crippen LogP contribution in [-0.2, 0) is 4.74 Å². The Morgan fingerprint density at radius 2 is 2.17 bits per heavy atom. The number of nitrogens with zero attached hydrogens (tertiary/aromatic N) is 3. The zero-order chi connectivity index (χ0) is 16.4. The molecule has 7 heteroatoms. The summed E-state index contributed by atoms with van der Waals surface area (Å²) in [5.41, 5.74) is 0. The first-order chi connectivity index (χ1) is 11.1. The van der Waals surface area contributed by atoms with Gasteiger partial charge in [0.1, 0.15) is 6.61 Å². The number of cyclic esters (lactones) is 1. The molecule has 3 heterocycles. The van der Waals surface area contributed by atoms with Crippen molar-refractivity contribution < 1.29 is 18.8 Å². The summed E-state index contributed by atoms with van der Waals surface area (Å²) in [5.74, 6) is 0.542. The maximum Gasteiger partial charge on any atom is 0.410 e. The molecule has 1 aromatic heterocycles. The molecule has 0 aromatic carbocycles. The van der Waals surface area contributed by atoms with Gasteiger partial charge in [-0.25, -0.2) is 4.79 Å². The molecule has 23 heavy (non-hydrogen) atoms. The first-order valence-corrected chi connectivity index (χ1v) is 8.26. The van der Waals surface area contributed by atoms with E-state index in [1.165, 1.54) is 6.20 Å². The van der Waals surface area contributed by atoms with Crippen molar-refractivity contribution in [1.82, 2.24) is 15.0 Å². The Bertz CT molecular complexity index is 552. The van der Waals surface area contributed by atoms with Gasteiger partial charge in [0, 0.05) is 25.2 Å². The normalized spacial score (nSPS) is 23.9. The molecule has 2 amide bonds. The number of hydrogen-bond donors (Lipinski definition) is 0. The zero-order valence-corrected chi connectivity index (χ0v) is 13.6. The van der Waals surface area contributed by atoms with Crippen molar-refractivity contribution in [2.24, 2.45) is 5.92 Å². The molecule has 0 spiro atoms. The summed E-state index contributed by atoms with van der Waals surface area (Å²) in [6.45, 7) is 5.99. The predicted octanol–water partition coefficient (Wildman–Crippen LogP) is 2.15. The molecule has 0 unspecified atom stereocenters. The fourth-order valence-corrected chi connectivity index (χ4v) is 3.41. The molecule has 2 atom stereocenters. The highest BCUT2D eigenvalue weighted by Gasteiger charge is 2.41. The van der Waals surface area contributed by atoms with Gasteiger partial charge in [-0.3, -0.25) is 9.69 Å². The van der Waals surface area contributed by atoms with E-state index in [-0.39, 0.29) is 29.8 Å². The Morgan fingerprint density at radius 3 is 2.78 bits per heavy atom. The van der Waals surface area contributed by atoms with Gasteiger partial charge in [0.2, 0.25) is 5.76 Å². The summed E-state index contributed by atoms with van der Waals surface area (Å²) in [5, 5.41) is 3.57. The van der Waals surface area contributed by atoms with Gasteiger partial charge >= 0.3 is 6.09 Å². The van der Waals surface area contributed by atoms with Crippen LogP contribution in [0.1, 0.15) is 43.7 Å². The lowest BCUT2D eigenvalue weighted by Crippen LogP contribution is -2.51. The molecule has 1 aromatic rings. The van der Waals surface area contributed by atoms with Crippen LogP contribution in [-0.4, -0.2) is 58.7 Å². The van der Waals surface area contributed by atoms with Crippen molar-refractivity contribution in [3.8, 4) is 0 Å². The molecule has 0 saturated carbocycles. The first-order valence-electron chi connectivity index (χ1n) is 8.26. The van der Waals surface area contributed by atoms with Gasteiger partial charge in [0.25, 0.3) is 5.91 Å². The minimum Gasteiger partial charge on any atom is -0.447 e. The fraction of sp³-hybridized carbons (Fsp3) is 0.688. The summed E-state index contributed by atoms with van der Waals surface area (Å²) >= 11 is 0. The number of rotatable bonds is 4. The molecule has 3 rings (SSSR count). The Hall–Kier alpha value is -2.05.